The summed E-state index contributed by atoms with van der Waals surface area (Å²) in [6.07, 6.45) is -0.987. The second-order valence-electron chi connectivity index (χ2n) is 9.92. The molecule has 4 rings (SSSR count). The first-order chi connectivity index (χ1) is 19.6. The molecule has 13 nitrogen and oxygen atoms in total. The number of aromatic nitrogens is 1. The number of hydrogen-bond donors (Lipinski definition) is 9. The lowest BCUT2D eigenvalue weighted by Crippen LogP contribution is -2.47. The van der Waals surface area contributed by atoms with Crippen molar-refractivity contribution < 1.29 is 34.8 Å². The molecule has 41 heavy (non-hydrogen) atoms. The predicted molar refractivity (Wildman–Crippen MR) is 152 cm³/mol. The summed E-state index contributed by atoms with van der Waals surface area (Å²) in [5.41, 5.74) is 2.58. The van der Waals surface area contributed by atoms with Crippen LogP contribution in [-0.2, 0) is 9.59 Å². The number of benzene rings is 2. The summed E-state index contributed by atoms with van der Waals surface area (Å²) in [4.78, 5) is 43.4. The molecule has 13 heteroatoms. The number of carbonyl (C=O) groups is 3. The summed E-state index contributed by atoms with van der Waals surface area (Å²) in [6, 6.07) is 10.0. The predicted octanol–water partition coefficient (Wildman–Crippen LogP) is 1.15. The number of aromatic amines is 1. The van der Waals surface area contributed by atoms with Crippen LogP contribution in [0.4, 0.5) is 5.69 Å². The van der Waals surface area contributed by atoms with Crippen LogP contribution in [0.15, 0.2) is 47.5 Å². The first-order valence-corrected chi connectivity index (χ1v) is 13.2. The van der Waals surface area contributed by atoms with Crippen molar-refractivity contribution in [1.29, 1.82) is 0 Å². The van der Waals surface area contributed by atoms with E-state index in [1.54, 1.807) is 19.1 Å². The molecule has 0 radical (unpaired) electrons. The molecular formula is C28H34N6O7. The summed E-state index contributed by atoms with van der Waals surface area (Å²) in [6.45, 7) is 2.08. The number of carboxylic acid groups (broad SMARTS) is 1. The van der Waals surface area contributed by atoms with Gasteiger partial charge in [-0.15, -0.1) is 0 Å². The van der Waals surface area contributed by atoms with Crippen molar-refractivity contribution in [2.24, 2.45) is 4.99 Å². The molecule has 4 unspecified atom stereocenters. The van der Waals surface area contributed by atoms with Gasteiger partial charge in [-0.3, -0.25) is 24.7 Å². The van der Waals surface area contributed by atoms with Crippen LogP contribution in [-0.4, -0.2) is 81.3 Å². The van der Waals surface area contributed by atoms with Crippen molar-refractivity contribution in [2.45, 2.75) is 44.1 Å². The van der Waals surface area contributed by atoms with E-state index in [-0.39, 0.29) is 31.7 Å². The molecule has 4 atom stereocenters. The molecule has 2 aromatic carbocycles. The van der Waals surface area contributed by atoms with Gasteiger partial charge in [0.05, 0.1) is 18.8 Å². The second-order valence-corrected chi connectivity index (χ2v) is 9.92. The molecule has 1 aliphatic rings. The average molecular weight is 567 g/mol. The van der Waals surface area contributed by atoms with Gasteiger partial charge in [-0.1, -0.05) is 18.2 Å². The third kappa shape index (κ3) is 7.60. The highest BCUT2D eigenvalue weighted by Crippen LogP contribution is 2.27. The maximum absolute atomic E-state index is 12.5. The van der Waals surface area contributed by atoms with Gasteiger partial charge in [0.25, 0.3) is 0 Å². The number of aliphatic carboxylic acids is 1. The van der Waals surface area contributed by atoms with E-state index in [4.69, 9.17) is 0 Å². The lowest BCUT2D eigenvalue weighted by atomic mass is 10.0. The van der Waals surface area contributed by atoms with Gasteiger partial charge in [-0.25, -0.2) is 0 Å². The number of β-amino-alcohol motifs (C(OH)–C–C–N with tert-alkyl or cyclic N) is 1. The Hall–Kier alpha value is -4.46. The number of nitrogens with zero attached hydrogens (tertiary/aromatic N) is 1. The van der Waals surface area contributed by atoms with E-state index in [0.29, 0.717) is 35.0 Å². The van der Waals surface area contributed by atoms with Crippen LogP contribution >= 0.6 is 0 Å². The number of nitrogens with one attached hydrogen (secondary N) is 5. The maximum Gasteiger partial charge on any atom is 0.322 e. The smallest absolute Gasteiger partial charge is 0.322 e. The normalized spacial score (nSPS) is 17.1. The monoisotopic (exact) mass is 566 g/mol. The fraction of sp³-hybridized carbons (Fsp3) is 0.357. The van der Waals surface area contributed by atoms with Gasteiger partial charge in [-0.05, 0) is 37.1 Å². The van der Waals surface area contributed by atoms with Crippen molar-refractivity contribution in [3.05, 3.63) is 59.3 Å². The number of aliphatic hydroxyl groups excluding tert-OH is 2. The number of fused-ring (bicyclic) bond motifs is 1. The zero-order valence-electron chi connectivity index (χ0n) is 22.4. The molecule has 0 bridgehead atoms. The quantitative estimate of drug-likeness (QED) is 0.143. The Morgan fingerprint density at radius 2 is 2.00 bits per heavy atom. The minimum Gasteiger partial charge on any atom is -0.508 e. The van der Waals surface area contributed by atoms with E-state index >= 15 is 0 Å². The van der Waals surface area contributed by atoms with Gasteiger partial charge >= 0.3 is 5.97 Å². The number of aliphatic imine (C=N–C) groups is 1. The van der Waals surface area contributed by atoms with Crippen molar-refractivity contribution in [3.8, 4) is 5.75 Å². The van der Waals surface area contributed by atoms with Gasteiger partial charge in [0.1, 0.15) is 11.8 Å². The zero-order chi connectivity index (χ0) is 29.5. The van der Waals surface area contributed by atoms with Crippen molar-refractivity contribution in [1.82, 2.24) is 20.9 Å². The van der Waals surface area contributed by atoms with Gasteiger partial charge < -0.3 is 41.4 Å². The Bertz CT molecular complexity index is 1440. The molecular weight excluding hydrogens is 532 g/mol. The highest BCUT2D eigenvalue weighted by atomic mass is 16.4. The van der Waals surface area contributed by atoms with E-state index in [0.717, 1.165) is 17.2 Å². The van der Waals surface area contributed by atoms with E-state index in [2.05, 4.69) is 31.2 Å². The van der Waals surface area contributed by atoms with Crippen molar-refractivity contribution in [3.63, 3.8) is 0 Å². The number of aldehydes is 1. The molecule has 0 spiro atoms. The number of aliphatic hydroxyl groups is 2. The first-order valence-electron chi connectivity index (χ1n) is 13.2. The van der Waals surface area contributed by atoms with Crippen molar-refractivity contribution in [2.75, 3.05) is 25.0 Å². The van der Waals surface area contributed by atoms with Crippen LogP contribution in [0.25, 0.3) is 10.9 Å². The largest absolute Gasteiger partial charge is 0.508 e. The molecule has 1 aliphatic heterocycles. The highest BCUT2D eigenvalue weighted by molar-refractivity contribution is 5.99. The number of aromatic hydroxyl groups is 1. The number of carboxylic acids is 1. The highest BCUT2D eigenvalue weighted by Gasteiger charge is 2.24. The molecule has 0 saturated heterocycles. The number of anilines is 1. The van der Waals surface area contributed by atoms with Gasteiger partial charge in [0.15, 0.2) is 12.2 Å². The second kappa shape index (κ2) is 13.3. The van der Waals surface area contributed by atoms with Crippen LogP contribution in [0, 0.1) is 0 Å². The summed E-state index contributed by atoms with van der Waals surface area (Å²) >= 11 is 0. The molecule has 2 heterocycles. The molecule has 218 valence electrons. The van der Waals surface area contributed by atoms with Gasteiger partial charge in [0.2, 0.25) is 5.91 Å². The molecule has 1 amide bonds. The fourth-order valence-electron chi connectivity index (χ4n) is 4.65. The van der Waals surface area contributed by atoms with E-state index < -0.39 is 36.2 Å². The zero-order valence-corrected chi connectivity index (χ0v) is 22.4. The molecule has 0 aliphatic carbocycles. The van der Waals surface area contributed by atoms with Crippen LogP contribution in [0.1, 0.15) is 53.5 Å². The maximum atomic E-state index is 12.5. The van der Waals surface area contributed by atoms with E-state index in [9.17, 15) is 34.8 Å². The number of amides is 1. The lowest BCUT2D eigenvalue weighted by Gasteiger charge is -2.21. The molecule has 1 aromatic heterocycles. The Kier molecular flexibility index (Phi) is 9.55. The van der Waals surface area contributed by atoms with Crippen LogP contribution in [0.3, 0.4) is 0 Å². The summed E-state index contributed by atoms with van der Waals surface area (Å²) in [7, 11) is 0. The van der Waals surface area contributed by atoms with Crippen molar-refractivity contribution >= 4 is 40.7 Å². The summed E-state index contributed by atoms with van der Waals surface area (Å²) < 4.78 is 0. The van der Waals surface area contributed by atoms with E-state index in [1.165, 1.54) is 12.1 Å². The Morgan fingerprint density at radius 3 is 2.71 bits per heavy atom. The van der Waals surface area contributed by atoms with Crippen LogP contribution in [0.2, 0.25) is 0 Å². The molecule has 0 fully saturated rings. The minimum absolute atomic E-state index is 0.0272. The Morgan fingerprint density at radius 1 is 1.22 bits per heavy atom. The standard InChI is InChI=1S/C28H34N6O7/c1-15(26-21(14-35)20-4-2-3-5-22(20)34-26)32-23(27(40)41)13-29-25(39)7-6-24(38)16-8-17(10-18(36)9-16)33-28-30-11-19(37)12-31-28/h2-5,8-10,14-15,19,23-24,32,34,36-38H,6-7,11-13H2,1H3,(H,29,39)(H,40,41)(H2,30,31,33). The SMILES string of the molecule is CC(NC(CNC(=O)CCC(O)c1cc(O)cc(NC2=NCC(O)CN2)c1)C(=O)O)c1[nH]c2ccccc2c1C=O. The minimum atomic E-state index is -1.17. The fourth-order valence-corrected chi connectivity index (χ4v) is 4.65. The Labute approximate surface area is 235 Å². The third-order valence-electron chi connectivity index (χ3n) is 6.78. The van der Waals surface area contributed by atoms with Gasteiger partial charge in [-0.2, -0.15) is 0 Å². The number of phenolic OH excluding ortho intramolecular Hbond substituents is 1. The lowest BCUT2D eigenvalue weighted by molar-refractivity contribution is -0.139. The number of rotatable bonds is 12. The summed E-state index contributed by atoms with van der Waals surface area (Å²) in [5, 5.41) is 52.2. The number of guanidine groups is 1. The van der Waals surface area contributed by atoms with Crippen LogP contribution < -0.4 is 21.3 Å². The molecule has 9 N–H and O–H groups in total. The summed E-state index contributed by atoms with van der Waals surface area (Å²) in [5.74, 6) is -1.31. The number of carbonyl (C=O) groups excluding carboxylic acids is 2. The number of hydrogen-bond acceptors (Lipinski definition) is 10. The first kappa shape index (κ1) is 29.5. The number of para-hydroxylation sites is 1. The van der Waals surface area contributed by atoms with Crippen LogP contribution in [0.5, 0.6) is 5.75 Å². The molecule has 3 aromatic rings. The number of phenols is 1. The third-order valence-corrected chi connectivity index (χ3v) is 6.78. The topological polar surface area (TPSA) is 208 Å². The number of H-pyrrole nitrogens is 1. The average Bonchev–Trinajstić information content (AvgIpc) is 3.33. The molecule has 0 saturated carbocycles. The van der Waals surface area contributed by atoms with Gasteiger partial charge in [0, 0.05) is 59.5 Å². The van der Waals surface area contributed by atoms with E-state index in [1.807, 2.05) is 18.2 Å². The Balaban J connectivity index is 1.30.